The molecule has 4 heterocycles. The van der Waals surface area contributed by atoms with Gasteiger partial charge in [0.15, 0.2) is 5.82 Å². The van der Waals surface area contributed by atoms with Gasteiger partial charge in [0.25, 0.3) is 0 Å². The molecule has 5 rings (SSSR count). The number of aryl methyl sites for hydroxylation is 1. The standard InChI is InChI=1S/C39H57N11O6/c1-4-5-6-11-41-37-36-33(43-39(40)44-37)9-12-49(36)26-31-8-7-30(22-28(31)2)25-47-13-15-48(16-14-47)35(52)10-18-55-20-21-56-19-17-50-27-32(45-46-50)24-42-34(51)23-29(3)38(53)54/h7-9,12,22,27,29H,4-6,10-11,13-21,23-26H2,1-3H3,(H,42,51)(H,53,54)(H3,40,41,43,44). The molecule has 1 unspecified atom stereocenters. The molecule has 0 bridgehead atoms. The normalized spacial score (nSPS) is 13.9. The number of hydrogen-bond acceptors (Lipinski definition) is 12. The van der Waals surface area contributed by atoms with Gasteiger partial charge in [-0.25, -0.2) is 9.67 Å². The lowest BCUT2D eigenvalue weighted by Crippen LogP contribution is -2.48. The van der Waals surface area contributed by atoms with E-state index in [1.165, 1.54) is 23.6 Å². The lowest BCUT2D eigenvalue weighted by atomic mass is 10.0. The number of piperazine rings is 1. The lowest BCUT2D eigenvalue weighted by Gasteiger charge is -2.35. The molecule has 2 amide bonds. The number of fused-ring (bicyclic) bond motifs is 1. The second kappa shape index (κ2) is 21.2. The summed E-state index contributed by atoms with van der Waals surface area (Å²) in [7, 11) is 0. The molecule has 0 spiro atoms. The van der Waals surface area contributed by atoms with Gasteiger partial charge in [-0.2, -0.15) is 4.98 Å². The van der Waals surface area contributed by atoms with E-state index in [1.807, 2.05) is 11.0 Å². The minimum absolute atomic E-state index is 0.0933. The predicted octanol–water partition coefficient (Wildman–Crippen LogP) is 3.06. The number of hydrogen-bond donors (Lipinski definition) is 4. The molecule has 0 radical (unpaired) electrons. The largest absolute Gasteiger partial charge is 0.481 e. The first-order valence-electron chi connectivity index (χ1n) is 19.6. The Morgan fingerprint density at radius 2 is 1.79 bits per heavy atom. The number of carboxylic acid groups (broad SMARTS) is 1. The summed E-state index contributed by atoms with van der Waals surface area (Å²) in [5.41, 5.74) is 12.1. The quantitative estimate of drug-likeness (QED) is 0.0801. The van der Waals surface area contributed by atoms with Gasteiger partial charge in [0.1, 0.15) is 11.2 Å². The van der Waals surface area contributed by atoms with E-state index in [-0.39, 0.29) is 30.7 Å². The van der Waals surface area contributed by atoms with E-state index in [2.05, 4.69) is 78.6 Å². The van der Waals surface area contributed by atoms with E-state index < -0.39 is 11.9 Å². The number of nitrogen functional groups attached to an aromatic ring is 1. The van der Waals surface area contributed by atoms with Gasteiger partial charge in [-0.3, -0.25) is 19.3 Å². The summed E-state index contributed by atoms with van der Waals surface area (Å²) >= 11 is 0. The maximum absolute atomic E-state index is 12.8. The highest BCUT2D eigenvalue weighted by Gasteiger charge is 2.21. The van der Waals surface area contributed by atoms with E-state index in [1.54, 1.807) is 10.9 Å². The molecular formula is C39H57N11O6. The van der Waals surface area contributed by atoms with Gasteiger partial charge in [-0.15, -0.1) is 5.10 Å². The molecule has 1 atom stereocenters. The van der Waals surface area contributed by atoms with Crippen LogP contribution >= 0.6 is 0 Å². The van der Waals surface area contributed by atoms with Crippen LogP contribution in [0.25, 0.3) is 11.0 Å². The highest BCUT2D eigenvalue weighted by molar-refractivity contribution is 5.87. The molecule has 304 valence electrons. The molecule has 1 aromatic carbocycles. The highest BCUT2D eigenvalue weighted by Crippen LogP contribution is 2.25. The predicted molar refractivity (Wildman–Crippen MR) is 212 cm³/mol. The fourth-order valence-corrected chi connectivity index (χ4v) is 6.55. The molecule has 17 heteroatoms. The maximum Gasteiger partial charge on any atom is 0.306 e. The number of anilines is 2. The van der Waals surface area contributed by atoms with Gasteiger partial charge in [-0.05, 0) is 36.1 Å². The van der Waals surface area contributed by atoms with E-state index in [9.17, 15) is 14.4 Å². The molecular weight excluding hydrogens is 718 g/mol. The zero-order valence-electron chi connectivity index (χ0n) is 32.9. The first-order valence-corrected chi connectivity index (χ1v) is 19.6. The number of carbonyl (C=O) groups is 3. The highest BCUT2D eigenvalue weighted by atomic mass is 16.5. The van der Waals surface area contributed by atoms with Crippen molar-refractivity contribution < 1.29 is 29.0 Å². The summed E-state index contributed by atoms with van der Waals surface area (Å²) in [5, 5.41) is 23.1. The van der Waals surface area contributed by atoms with Crippen molar-refractivity contribution in [3.63, 3.8) is 0 Å². The fourth-order valence-electron chi connectivity index (χ4n) is 6.55. The van der Waals surface area contributed by atoms with Crippen LogP contribution in [-0.2, 0) is 50.0 Å². The number of aromatic nitrogens is 6. The number of carbonyl (C=O) groups excluding carboxylic acids is 2. The Morgan fingerprint density at radius 1 is 1.00 bits per heavy atom. The maximum atomic E-state index is 12.8. The Kier molecular flexibility index (Phi) is 15.9. The summed E-state index contributed by atoms with van der Waals surface area (Å²) in [6.07, 6.45) is 7.39. The number of nitrogens with two attached hydrogens (primary N) is 1. The van der Waals surface area contributed by atoms with Crippen molar-refractivity contribution in [1.29, 1.82) is 0 Å². The van der Waals surface area contributed by atoms with Crippen LogP contribution < -0.4 is 16.4 Å². The summed E-state index contributed by atoms with van der Waals surface area (Å²) in [4.78, 5) is 48.9. The molecule has 5 N–H and O–H groups in total. The molecule has 56 heavy (non-hydrogen) atoms. The number of rotatable bonds is 23. The number of amides is 2. The third kappa shape index (κ3) is 12.7. The monoisotopic (exact) mass is 775 g/mol. The zero-order chi connectivity index (χ0) is 39.9. The fraction of sp³-hybridized carbons (Fsp3) is 0.564. The molecule has 0 saturated carbocycles. The Hall–Kier alpha value is -5.13. The van der Waals surface area contributed by atoms with Crippen LogP contribution in [0.2, 0.25) is 0 Å². The first kappa shape index (κ1) is 42.0. The second-order valence-electron chi connectivity index (χ2n) is 14.3. The number of nitrogens with zero attached hydrogens (tertiary/aromatic N) is 8. The number of nitrogens with one attached hydrogen (secondary N) is 2. The molecule has 17 nitrogen and oxygen atoms in total. The van der Waals surface area contributed by atoms with Crippen LogP contribution in [0.1, 0.15) is 68.3 Å². The average Bonchev–Trinajstić information content (AvgIpc) is 3.81. The van der Waals surface area contributed by atoms with Crippen LogP contribution in [0.15, 0.2) is 36.7 Å². The van der Waals surface area contributed by atoms with Crippen molar-refractivity contribution in [2.24, 2.45) is 5.92 Å². The van der Waals surface area contributed by atoms with Gasteiger partial charge in [0.05, 0.1) is 63.6 Å². The Labute approximate surface area is 327 Å². The van der Waals surface area contributed by atoms with E-state index in [4.69, 9.17) is 20.3 Å². The number of benzene rings is 1. The SMILES string of the molecule is CCCCCNc1nc(N)nc2ccn(Cc3ccc(CN4CCN(C(=O)CCOCCOCCn5cc(CNC(=O)CC(C)C(=O)O)nn5)CC4)cc3C)c12. The van der Waals surface area contributed by atoms with Crippen molar-refractivity contribution in [2.45, 2.75) is 79.1 Å². The summed E-state index contributed by atoms with van der Waals surface area (Å²) in [6.45, 7) is 13.4. The Balaban J connectivity index is 0.943. The van der Waals surface area contributed by atoms with Crippen LogP contribution in [-0.4, -0.2) is 121 Å². The van der Waals surface area contributed by atoms with Crippen LogP contribution in [0, 0.1) is 12.8 Å². The number of unbranched alkanes of at least 4 members (excludes halogenated alkanes) is 2. The Bertz CT molecular complexity index is 1890. The first-order chi connectivity index (χ1) is 27.1. The van der Waals surface area contributed by atoms with Gasteiger partial charge >= 0.3 is 5.97 Å². The average molecular weight is 776 g/mol. The molecule has 3 aromatic heterocycles. The van der Waals surface area contributed by atoms with Gasteiger partial charge < -0.3 is 40.4 Å². The van der Waals surface area contributed by atoms with Gasteiger partial charge in [0, 0.05) is 58.4 Å². The van der Waals surface area contributed by atoms with Crippen LogP contribution in [0.4, 0.5) is 11.8 Å². The van der Waals surface area contributed by atoms with E-state index in [0.29, 0.717) is 64.7 Å². The molecule has 4 aromatic rings. The lowest BCUT2D eigenvalue weighted by molar-refractivity contribution is -0.143. The Morgan fingerprint density at radius 3 is 2.54 bits per heavy atom. The molecule has 0 aliphatic carbocycles. The van der Waals surface area contributed by atoms with Crippen molar-refractivity contribution in [2.75, 3.05) is 70.2 Å². The van der Waals surface area contributed by atoms with Crippen molar-refractivity contribution in [3.05, 3.63) is 59.0 Å². The number of ether oxygens (including phenoxy) is 2. The van der Waals surface area contributed by atoms with Gasteiger partial charge in [0.2, 0.25) is 17.8 Å². The van der Waals surface area contributed by atoms with E-state index in [0.717, 1.165) is 62.3 Å². The summed E-state index contributed by atoms with van der Waals surface area (Å²) < 4.78 is 15.1. The van der Waals surface area contributed by atoms with Crippen molar-refractivity contribution in [1.82, 2.24) is 44.6 Å². The molecule has 1 aliphatic heterocycles. The van der Waals surface area contributed by atoms with E-state index >= 15 is 0 Å². The smallest absolute Gasteiger partial charge is 0.306 e. The van der Waals surface area contributed by atoms with Crippen molar-refractivity contribution >= 4 is 40.6 Å². The van der Waals surface area contributed by atoms with Crippen molar-refractivity contribution in [3.8, 4) is 0 Å². The number of aliphatic carboxylic acids is 1. The summed E-state index contributed by atoms with van der Waals surface area (Å²) in [5.74, 6) is -0.958. The minimum Gasteiger partial charge on any atom is -0.481 e. The number of carboxylic acids is 1. The van der Waals surface area contributed by atoms with Crippen LogP contribution in [0.5, 0.6) is 0 Å². The van der Waals surface area contributed by atoms with Crippen LogP contribution in [0.3, 0.4) is 0 Å². The van der Waals surface area contributed by atoms with Gasteiger partial charge in [-0.1, -0.05) is 50.1 Å². The summed E-state index contributed by atoms with van der Waals surface area (Å²) in [6, 6.07) is 8.67. The molecule has 1 fully saturated rings. The second-order valence-corrected chi connectivity index (χ2v) is 14.3. The third-order valence-electron chi connectivity index (χ3n) is 9.84. The zero-order valence-corrected chi connectivity index (χ0v) is 32.9. The third-order valence-corrected chi connectivity index (χ3v) is 9.84. The molecule has 1 saturated heterocycles. The minimum atomic E-state index is -1.01. The molecule has 1 aliphatic rings. The topological polar surface area (TPSA) is 208 Å².